The maximum atomic E-state index is 14.0. The van der Waals surface area contributed by atoms with Gasteiger partial charge in [-0.15, -0.1) is 0 Å². The molecule has 2 aromatic rings. The molecule has 1 heterocycles. The number of rotatable bonds is 6. The molecule has 3 rings (SSSR count). The summed E-state index contributed by atoms with van der Waals surface area (Å²) in [6.45, 7) is 2.34. The molecule has 1 aliphatic heterocycles. The van der Waals surface area contributed by atoms with Crippen LogP contribution in [0.25, 0.3) is 0 Å². The Bertz CT molecular complexity index is 1010. The highest BCUT2D eigenvalue weighted by molar-refractivity contribution is 7.89. The molecule has 0 aliphatic carbocycles. The molecule has 2 aromatic carbocycles. The first-order valence-corrected chi connectivity index (χ1v) is 10.1. The van der Waals surface area contributed by atoms with E-state index in [-0.39, 0.29) is 16.1 Å². The van der Waals surface area contributed by atoms with Gasteiger partial charge in [0.15, 0.2) is 0 Å². The first-order valence-electron chi connectivity index (χ1n) is 8.70. The molecule has 0 unspecified atom stereocenters. The van der Waals surface area contributed by atoms with Gasteiger partial charge in [0, 0.05) is 30.8 Å². The average Bonchev–Trinajstić information content (AvgIpc) is 3.17. The molecule has 150 valence electrons. The van der Waals surface area contributed by atoms with Gasteiger partial charge in [0.1, 0.15) is 17.3 Å². The third-order valence-electron chi connectivity index (χ3n) is 4.67. The standard InChI is InChI=1S/C18H19F2N3O4S/c1-12(15-6-4-13(19)10-16(15)20)21-17-7-5-14(11-18(17)23(24)25)28(26,27)22-8-2-3-9-22/h4-7,10-12,21H,2-3,8-9H2,1H3/t12-/m1/s1. The second kappa shape index (κ2) is 7.80. The second-order valence-electron chi connectivity index (χ2n) is 6.58. The molecule has 0 spiro atoms. The van der Waals surface area contributed by atoms with E-state index in [1.165, 1.54) is 22.5 Å². The van der Waals surface area contributed by atoms with E-state index in [2.05, 4.69) is 5.32 Å². The molecule has 1 atom stereocenters. The minimum atomic E-state index is -3.80. The number of nitrogens with one attached hydrogen (secondary N) is 1. The average molecular weight is 411 g/mol. The lowest BCUT2D eigenvalue weighted by atomic mass is 10.1. The van der Waals surface area contributed by atoms with Gasteiger partial charge >= 0.3 is 0 Å². The minimum Gasteiger partial charge on any atom is -0.373 e. The molecule has 7 nitrogen and oxygen atoms in total. The van der Waals surface area contributed by atoms with Gasteiger partial charge in [0.05, 0.1) is 15.9 Å². The van der Waals surface area contributed by atoms with Crippen LogP contribution in [0.3, 0.4) is 0 Å². The van der Waals surface area contributed by atoms with E-state index >= 15 is 0 Å². The molecule has 1 fully saturated rings. The first-order chi connectivity index (χ1) is 13.2. The summed E-state index contributed by atoms with van der Waals surface area (Å²) in [7, 11) is -3.80. The van der Waals surface area contributed by atoms with Gasteiger partial charge in [-0.25, -0.2) is 17.2 Å². The molecule has 10 heteroatoms. The number of nitro groups is 1. The molecular weight excluding hydrogens is 392 g/mol. The van der Waals surface area contributed by atoms with Gasteiger partial charge in [-0.05, 0) is 38.0 Å². The number of halogens is 2. The van der Waals surface area contributed by atoms with Crippen molar-refractivity contribution >= 4 is 21.4 Å². The summed E-state index contributed by atoms with van der Waals surface area (Å²) >= 11 is 0. The molecule has 0 bridgehead atoms. The third-order valence-corrected chi connectivity index (χ3v) is 6.56. The quantitative estimate of drug-likeness (QED) is 0.576. The summed E-state index contributed by atoms with van der Waals surface area (Å²) < 4.78 is 53.6. The first kappa shape index (κ1) is 20.2. The number of nitrogens with zero attached hydrogens (tertiary/aromatic N) is 2. The highest BCUT2D eigenvalue weighted by Crippen LogP contribution is 2.33. The smallest absolute Gasteiger partial charge is 0.293 e. The van der Waals surface area contributed by atoms with Gasteiger partial charge in [0.25, 0.3) is 5.69 Å². The van der Waals surface area contributed by atoms with Crippen LogP contribution in [0.4, 0.5) is 20.2 Å². The van der Waals surface area contributed by atoms with Crippen molar-refractivity contribution < 1.29 is 22.1 Å². The molecule has 0 aromatic heterocycles. The Labute approximate surface area is 161 Å². The van der Waals surface area contributed by atoms with E-state index < -0.39 is 38.3 Å². The van der Waals surface area contributed by atoms with Crippen molar-refractivity contribution in [1.29, 1.82) is 0 Å². The summed E-state index contributed by atoms with van der Waals surface area (Å²) in [5, 5.41) is 14.3. The zero-order valence-corrected chi connectivity index (χ0v) is 15.9. The molecular formula is C18H19F2N3O4S. The van der Waals surface area contributed by atoms with E-state index in [1.54, 1.807) is 6.92 Å². The fraction of sp³-hybridized carbons (Fsp3) is 0.333. The zero-order valence-electron chi connectivity index (χ0n) is 15.1. The molecule has 1 N–H and O–H groups in total. The van der Waals surface area contributed by atoms with E-state index in [1.807, 2.05) is 0 Å². The number of hydrogen-bond acceptors (Lipinski definition) is 5. The summed E-state index contributed by atoms with van der Waals surface area (Å²) in [4.78, 5) is 10.6. The Balaban J connectivity index is 1.92. The Morgan fingerprint density at radius 3 is 2.43 bits per heavy atom. The number of anilines is 1. The topological polar surface area (TPSA) is 92.6 Å². The number of sulfonamides is 1. The minimum absolute atomic E-state index is 0.0431. The van der Waals surface area contributed by atoms with E-state index in [0.717, 1.165) is 31.0 Å². The molecule has 0 amide bonds. The van der Waals surface area contributed by atoms with Gasteiger partial charge in [-0.3, -0.25) is 10.1 Å². The fourth-order valence-corrected chi connectivity index (χ4v) is 4.72. The van der Waals surface area contributed by atoms with E-state index in [0.29, 0.717) is 13.1 Å². The Hall–Kier alpha value is -2.59. The third kappa shape index (κ3) is 3.97. The van der Waals surface area contributed by atoms with Gasteiger partial charge in [-0.1, -0.05) is 6.07 Å². The van der Waals surface area contributed by atoms with Crippen LogP contribution in [0.15, 0.2) is 41.3 Å². The van der Waals surface area contributed by atoms with Crippen LogP contribution in [0.1, 0.15) is 31.4 Å². The van der Waals surface area contributed by atoms with Crippen LogP contribution in [0.5, 0.6) is 0 Å². The Kier molecular flexibility index (Phi) is 5.61. The lowest BCUT2D eigenvalue weighted by Gasteiger charge is -2.18. The second-order valence-corrected chi connectivity index (χ2v) is 8.52. The summed E-state index contributed by atoms with van der Waals surface area (Å²) in [6, 6.07) is 5.95. The van der Waals surface area contributed by atoms with Crippen molar-refractivity contribution in [3.05, 3.63) is 63.7 Å². The Morgan fingerprint density at radius 1 is 1.14 bits per heavy atom. The van der Waals surface area contributed by atoms with Crippen LogP contribution < -0.4 is 5.32 Å². The molecule has 1 saturated heterocycles. The fourth-order valence-electron chi connectivity index (χ4n) is 3.19. The molecule has 1 aliphatic rings. The van der Waals surface area contributed by atoms with Crippen LogP contribution in [0.2, 0.25) is 0 Å². The Morgan fingerprint density at radius 2 is 1.82 bits per heavy atom. The van der Waals surface area contributed by atoms with Crippen molar-refractivity contribution in [2.45, 2.75) is 30.7 Å². The van der Waals surface area contributed by atoms with Gasteiger partial charge < -0.3 is 5.32 Å². The maximum absolute atomic E-state index is 14.0. The lowest BCUT2D eigenvalue weighted by molar-refractivity contribution is -0.384. The van der Waals surface area contributed by atoms with Crippen molar-refractivity contribution in [1.82, 2.24) is 4.31 Å². The summed E-state index contributed by atoms with van der Waals surface area (Å²) in [5.74, 6) is -1.51. The van der Waals surface area contributed by atoms with Crippen molar-refractivity contribution in [2.24, 2.45) is 0 Å². The summed E-state index contributed by atoms with van der Waals surface area (Å²) in [5.41, 5.74) is -0.263. The monoisotopic (exact) mass is 411 g/mol. The van der Waals surface area contributed by atoms with Crippen molar-refractivity contribution in [3.8, 4) is 0 Å². The van der Waals surface area contributed by atoms with E-state index in [9.17, 15) is 27.3 Å². The van der Waals surface area contributed by atoms with Crippen LogP contribution >= 0.6 is 0 Å². The van der Waals surface area contributed by atoms with Crippen LogP contribution in [-0.4, -0.2) is 30.7 Å². The van der Waals surface area contributed by atoms with Crippen molar-refractivity contribution in [2.75, 3.05) is 18.4 Å². The predicted octanol–water partition coefficient (Wildman–Crippen LogP) is 3.83. The highest BCUT2D eigenvalue weighted by Gasteiger charge is 2.29. The lowest BCUT2D eigenvalue weighted by Crippen LogP contribution is -2.27. The number of nitro benzene ring substituents is 1. The predicted molar refractivity (Wildman–Crippen MR) is 99.5 cm³/mol. The number of benzene rings is 2. The largest absolute Gasteiger partial charge is 0.373 e. The van der Waals surface area contributed by atoms with Crippen LogP contribution in [-0.2, 0) is 10.0 Å². The number of hydrogen-bond donors (Lipinski definition) is 1. The molecule has 28 heavy (non-hydrogen) atoms. The normalized spacial score (nSPS) is 16.1. The van der Waals surface area contributed by atoms with Crippen LogP contribution in [0, 0.1) is 21.7 Å². The SMILES string of the molecule is C[C@@H](Nc1ccc(S(=O)(=O)N2CCCC2)cc1[N+](=O)[O-])c1ccc(F)cc1F. The highest BCUT2D eigenvalue weighted by atomic mass is 32.2. The van der Waals surface area contributed by atoms with E-state index in [4.69, 9.17) is 0 Å². The zero-order chi connectivity index (χ0) is 20.5. The van der Waals surface area contributed by atoms with Gasteiger partial charge in [-0.2, -0.15) is 4.31 Å². The summed E-state index contributed by atoms with van der Waals surface area (Å²) in [6.07, 6.45) is 1.50. The maximum Gasteiger partial charge on any atom is 0.293 e. The van der Waals surface area contributed by atoms with Gasteiger partial charge in [0.2, 0.25) is 10.0 Å². The molecule has 0 radical (unpaired) electrons. The van der Waals surface area contributed by atoms with Crippen molar-refractivity contribution in [3.63, 3.8) is 0 Å². The molecule has 0 saturated carbocycles.